The van der Waals surface area contributed by atoms with Gasteiger partial charge in [0.25, 0.3) is 5.91 Å². The average Bonchev–Trinajstić information content (AvgIpc) is 2.69. The normalized spacial score (nSPS) is 10.0. The number of amides is 1. The third-order valence-electron chi connectivity index (χ3n) is 4.01. The molecule has 0 saturated carbocycles. The summed E-state index contributed by atoms with van der Waals surface area (Å²) < 4.78 is 13.5. The van der Waals surface area contributed by atoms with Crippen LogP contribution in [0.1, 0.15) is 38.3 Å². The number of anilines is 1. The van der Waals surface area contributed by atoms with E-state index in [9.17, 15) is 9.18 Å². The van der Waals surface area contributed by atoms with Crippen LogP contribution < -0.4 is 5.32 Å². The van der Waals surface area contributed by atoms with Crippen LogP contribution in [0.2, 0.25) is 0 Å². The standard InChI is InChI=1S/C21H14FN5O/c1-13-4-17(12-25-19(13)10-24)21(28)27-20-3-2-14(11-26-20)5-15-6-16(9-23)8-18(22)7-15/h2-4,6-8,11-12H,5H2,1H3,(H,26,27,28). The van der Waals surface area contributed by atoms with Crippen molar-refractivity contribution in [2.45, 2.75) is 13.3 Å². The molecule has 6 nitrogen and oxygen atoms in total. The summed E-state index contributed by atoms with van der Waals surface area (Å²) >= 11 is 0. The minimum absolute atomic E-state index is 0.262. The van der Waals surface area contributed by atoms with Crippen LogP contribution in [0.15, 0.2) is 48.8 Å². The lowest BCUT2D eigenvalue weighted by molar-refractivity contribution is 0.102. The quantitative estimate of drug-likeness (QED) is 0.756. The molecule has 0 aliphatic heterocycles. The van der Waals surface area contributed by atoms with Gasteiger partial charge in [-0.25, -0.2) is 14.4 Å². The number of nitrogens with zero attached hydrogens (tertiary/aromatic N) is 4. The van der Waals surface area contributed by atoms with Crippen LogP contribution in [-0.4, -0.2) is 15.9 Å². The molecular weight excluding hydrogens is 357 g/mol. The molecular formula is C21H14FN5O. The Labute approximate surface area is 160 Å². The van der Waals surface area contributed by atoms with E-state index >= 15 is 0 Å². The number of hydrogen-bond acceptors (Lipinski definition) is 5. The summed E-state index contributed by atoms with van der Waals surface area (Å²) in [6, 6.07) is 13.0. The molecule has 1 aromatic carbocycles. The van der Waals surface area contributed by atoms with Gasteiger partial charge in [-0.3, -0.25) is 4.79 Å². The van der Waals surface area contributed by atoms with Crippen molar-refractivity contribution < 1.29 is 9.18 Å². The van der Waals surface area contributed by atoms with Crippen LogP contribution in [0.25, 0.3) is 0 Å². The first-order chi connectivity index (χ1) is 13.5. The number of carbonyl (C=O) groups is 1. The maximum atomic E-state index is 13.5. The van der Waals surface area contributed by atoms with Crippen LogP contribution in [0.4, 0.5) is 10.2 Å². The van der Waals surface area contributed by atoms with E-state index in [4.69, 9.17) is 10.5 Å². The first-order valence-electron chi connectivity index (χ1n) is 8.31. The number of rotatable bonds is 4. The van der Waals surface area contributed by atoms with E-state index in [1.807, 2.05) is 12.1 Å². The van der Waals surface area contributed by atoms with Crippen molar-refractivity contribution in [1.82, 2.24) is 9.97 Å². The Kier molecular flexibility index (Phi) is 5.38. The molecule has 136 valence electrons. The summed E-state index contributed by atoms with van der Waals surface area (Å²) in [7, 11) is 0. The molecule has 0 fully saturated rings. The monoisotopic (exact) mass is 371 g/mol. The maximum absolute atomic E-state index is 13.5. The highest BCUT2D eigenvalue weighted by Crippen LogP contribution is 2.15. The zero-order valence-electron chi connectivity index (χ0n) is 14.9. The van der Waals surface area contributed by atoms with Crippen molar-refractivity contribution in [1.29, 1.82) is 10.5 Å². The number of pyridine rings is 2. The number of nitrogens with one attached hydrogen (secondary N) is 1. The van der Waals surface area contributed by atoms with Gasteiger partial charge >= 0.3 is 0 Å². The molecule has 0 aliphatic rings. The fraction of sp³-hybridized carbons (Fsp3) is 0.0952. The molecule has 3 rings (SSSR count). The van der Waals surface area contributed by atoms with Crippen molar-refractivity contribution in [3.05, 3.63) is 88.1 Å². The van der Waals surface area contributed by atoms with Crippen LogP contribution in [-0.2, 0) is 6.42 Å². The second kappa shape index (κ2) is 8.07. The lowest BCUT2D eigenvalue weighted by Gasteiger charge is -2.07. The predicted molar refractivity (Wildman–Crippen MR) is 99.8 cm³/mol. The number of benzene rings is 1. The minimum Gasteiger partial charge on any atom is -0.307 e. The van der Waals surface area contributed by atoms with Gasteiger partial charge in [-0.2, -0.15) is 10.5 Å². The van der Waals surface area contributed by atoms with Gasteiger partial charge in [0.1, 0.15) is 23.4 Å². The van der Waals surface area contributed by atoms with Gasteiger partial charge in [0.2, 0.25) is 0 Å². The van der Waals surface area contributed by atoms with Gasteiger partial charge in [0.05, 0.1) is 17.2 Å². The van der Waals surface area contributed by atoms with E-state index < -0.39 is 5.82 Å². The first-order valence-corrected chi connectivity index (χ1v) is 8.31. The smallest absolute Gasteiger partial charge is 0.258 e. The Balaban J connectivity index is 1.70. The van der Waals surface area contributed by atoms with E-state index in [0.29, 0.717) is 28.9 Å². The van der Waals surface area contributed by atoms with E-state index in [-0.39, 0.29) is 17.2 Å². The summed E-state index contributed by atoms with van der Waals surface area (Å²) in [6.07, 6.45) is 3.33. The summed E-state index contributed by atoms with van der Waals surface area (Å²) in [4.78, 5) is 20.4. The number of aromatic nitrogens is 2. The zero-order chi connectivity index (χ0) is 20.1. The summed E-state index contributed by atoms with van der Waals surface area (Å²) in [5.74, 6) is -0.492. The molecule has 2 aromatic heterocycles. The second-order valence-corrected chi connectivity index (χ2v) is 6.14. The van der Waals surface area contributed by atoms with E-state index in [2.05, 4.69) is 15.3 Å². The van der Waals surface area contributed by atoms with Crippen molar-refractivity contribution in [2.75, 3.05) is 5.32 Å². The molecule has 0 spiro atoms. The van der Waals surface area contributed by atoms with Crippen LogP contribution in [0, 0.1) is 35.4 Å². The van der Waals surface area contributed by atoms with E-state index in [0.717, 1.165) is 5.56 Å². The fourth-order valence-electron chi connectivity index (χ4n) is 2.66. The Morgan fingerprint density at radius 1 is 1.07 bits per heavy atom. The molecule has 0 aliphatic carbocycles. The Hall–Kier alpha value is -4.10. The van der Waals surface area contributed by atoms with Crippen LogP contribution >= 0.6 is 0 Å². The Morgan fingerprint density at radius 3 is 2.54 bits per heavy atom. The highest BCUT2D eigenvalue weighted by Gasteiger charge is 2.10. The fourth-order valence-corrected chi connectivity index (χ4v) is 2.66. The number of aryl methyl sites for hydroxylation is 1. The van der Waals surface area contributed by atoms with Gasteiger partial charge < -0.3 is 5.32 Å². The number of nitriles is 2. The molecule has 7 heteroatoms. The highest BCUT2D eigenvalue weighted by molar-refractivity contribution is 6.03. The van der Waals surface area contributed by atoms with E-state index in [1.54, 1.807) is 37.4 Å². The van der Waals surface area contributed by atoms with E-state index in [1.165, 1.54) is 18.3 Å². The summed E-state index contributed by atoms with van der Waals surface area (Å²) in [6.45, 7) is 1.71. The lowest BCUT2D eigenvalue weighted by atomic mass is 10.0. The SMILES string of the molecule is Cc1cc(C(=O)Nc2ccc(Cc3cc(F)cc(C#N)c3)cn2)cnc1C#N. The number of halogens is 1. The molecule has 0 saturated heterocycles. The molecule has 2 heterocycles. The lowest BCUT2D eigenvalue weighted by Crippen LogP contribution is -2.14. The highest BCUT2D eigenvalue weighted by atomic mass is 19.1. The van der Waals surface area contributed by atoms with Crippen molar-refractivity contribution in [2.24, 2.45) is 0 Å². The van der Waals surface area contributed by atoms with Gasteiger partial charge in [0.15, 0.2) is 0 Å². The maximum Gasteiger partial charge on any atom is 0.258 e. The van der Waals surface area contributed by atoms with Crippen molar-refractivity contribution in [3.63, 3.8) is 0 Å². The largest absolute Gasteiger partial charge is 0.307 e. The third kappa shape index (κ3) is 4.35. The molecule has 1 amide bonds. The molecule has 0 bridgehead atoms. The molecule has 28 heavy (non-hydrogen) atoms. The molecule has 0 atom stereocenters. The van der Waals surface area contributed by atoms with Gasteiger partial charge in [-0.05, 0) is 60.4 Å². The van der Waals surface area contributed by atoms with Gasteiger partial charge in [-0.1, -0.05) is 6.07 Å². The molecule has 3 aromatic rings. The van der Waals surface area contributed by atoms with Crippen molar-refractivity contribution >= 4 is 11.7 Å². The second-order valence-electron chi connectivity index (χ2n) is 6.14. The van der Waals surface area contributed by atoms with Crippen LogP contribution in [0.3, 0.4) is 0 Å². The predicted octanol–water partition coefficient (Wildman–Crippen LogP) is 3.51. The minimum atomic E-state index is -0.461. The Bertz CT molecular complexity index is 1130. The number of carbonyl (C=O) groups excluding carboxylic acids is 1. The Morgan fingerprint density at radius 2 is 1.89 bits per heavy atom. The molecule has 0 radical (unpaired) electrons. The summed E-state index contributed by atoms with van der Waals surface area (Å²) in [5.41, 5.74) is 2.95. The van der Waals surface area contributed by atoms with Crippen molar-refractivity contribution in [3.8, 4) is 12.1 Å². The van der Waals surface area contributed by atoms with Crippen LogP contribution in [0.5, 0.6) is 0 Å². The first kappa shape index (κ1) is 18.7. The molecule has 0 unspecified atom stereocenters. The topological polar surface area (TPSA) is 102 Å². The number of hydrogen-bond donors (Lipinski definition) is 1. The third-order valence-corrected chi connectivity index (χ3v) is 4.01. The zero-order valence-corrected chi connectivity index (χ0v) is 14.9. The van der Waals surface area contributed by atoms with Gasteiger partial charge in [-0.15, -0.1) is 0 Å². The summed E-state index contributed by atoms with van der Waals surface area (Å²) in [5, 5.41) is 20.5. The average molecular weight is 371 g/mol. The van der Waals surface area contributed by atoms with Gasteiger partial charge in [0, 0.05) is 12.4 Å². The molecule has 1 N–H and O–H groups in total.